The summed E-state index contributed by atoms with van der Waals surface area (Å²) in [6, 6.07) is 15.6. The van der Waals surface area contributed by atoms with Crippen LogP contribution in [0.15, 0.2) is 48.5 Å². The molecule has 1 aliphatic rings. The maximum atomic E-state index is 10.7. The summed E-state index contributed by atoms with van der Waals surface area (Å²) in [7, 11) is 1.64. The van der Waals surface area contributed by atoms with Gasteiger partial charge in [-0.3, -0.25) is 0 Å². The van der Waals surface area contributed by atoms with E-state index < -0.39 is 5.60 Å². The maximum Gasteiger partial charge on any atom is 0.119 e. The Bertz CT molecular complexity index is 545. The molecule has 0 bridgehead atoms. The summed E-state index contributed by atoms with van der Waals surface area (Å²) in [5.41, 5.74) is 2.36. The molecule has 0 radical (unpaired) electrons. The van der Waals surface area contributed by atoms with Gasteiger partial charge in [-0.25, -0.2) is 0 Å². The summed E-state index contributed by atoms with van der Waals surface area (Å²) < 4.78 is 5.12. The summed E-state index contributed by atoms with van der Waals surface area (Å²) in [6.45, 7) is 0. The molecule has 17 heavy (non-hydrogen) atoms. The van der Waals surface area contributed by atoms with E-state index in [-0.39, 0.29) is 0 Å². The third-order valence-corrected chi connectivity index (χ3v) is 3.48. The van der Waals surface area contributed by atoms with Gasteiger partial charge >= 0.3 is 0 Å². The topological polar surface area (TPSA) is 29.5 Å². The molecule has 0 aliphatic heterocycles. The van der Waals surface area contributed by atoms with Gasteiger partial charge in [0.25, 0.3) is 0 Å². The molecule has 86 valence electrons. The van der Waals surface area contributed by atoms with Crippen LogP contribution >= 0.6 is 0 Å². The SMILES string of the molecule is COc1ccc([C@]2(O)Cc3ccccc32)cc1. The zero-order chi connectivity index (χ0) is 11.9. The van der Waals surface area contributed by atoms with Crippen molar-refractivity contribution in [1.82, 2.24) is 0 Å². The highest BCUT2D eigenvalue weighted by atomic mass is 16.5. The van der Waals surface area contributed by atoms with Crippen molar-refractivity contribution in [2.75, 3.05) is 7.11 Å². The van der Waals surface area contributed by atoms with Gasteiger partial charge < -0.3 is 9.84 Å². The molecule has 0 amide bonds. The minimum absolute atomic E-state index is 0.690. The Kier molecular flexibility index (Phi) is 2.20. The lowest BCUT2D eigenvalue weighted by Crippen LogP contribution is -2.39. The van der Waals surface area contributed by atoms with Crippen LogP contribution in [0.1, 0.15) is 16.7 Å². The lowest BCUT2D eigenvalue weighted by atomic mass is 9.69. The predicted molar refractivity (Wildman–Crippen MR) is 66.1 cm³/mol. The van der Waals surface area contributed by atoms with Crippen molar-refractivity contribution in [3.05, 3.63) is 65.2 Å². The average molecular weight is 226 g/mol. The van der Waals surface area contributed by atoms with E-state index in [1.54, 1.807) is 7.11 Å². The second-order valence-corrected chi connectivity index (χ2v) is 4.42. The molecule has 2 nitrogen and oxygen atoms in total. The molecule has 1 N–H and O–H groups in total. The molecule has 0 heterocycles. The summed E-state index contributed by atoms with van der Waals surface area (Å²) in [5.74, 6) is 0.810. The van der Waals surface area contributed by atoms with E-state index in [0.717, 1.165) is 16.9 Å². The van der Waals surface area contributed by atoms with E-state index in [1.807, 2.05) is 42.5 Å². The van der Waals surface area contributed by atoms with E-state index in [9.17, 15) is 5.11 Å². The number of methoxy groups -OCH3 is 1. The van der Waals surface area contributed by atoms with Gasteiger partial charge in [-0.15, -0.1) is 0 Å². The van der Waals surface area contributed by atoms with E-state index in [2.05, 4.69) is 6.07 Å². The van der Waals surface area contributed by atoms with Crippen LogP contribution in [0.2, 0.25) is 0 Å². The van der Waals surface area contributed by atoms with Gasteiger partial charge in [0.05, 0.1) is 7.11 Å². The Labute approximate surface area is 100 Å². The zero-order valence-corrected chi connectivity index (χ0v) is 9.68. The second-order valence-electron chi connectivity index (χ2n) is 4.42. The van der Waals surface area contributed by atoms with E-state index in [4.69, 9.17) is 4.74 Å². The molecule has 0 unspecified atom stereocenters. The summed E-state index contributed by atoms with van der Waals surface area (Å²) >= 11 is 0. The Morgan fingerprint density at radius 3 is 2.41 bits per heavy atom. The number of hydrogen-bond acceptors (Lipinski definition) is 2. The molecule has 1 atom stereocenters. The van der Waals surface area contributed by atoms with Crippen LogP contribution in [0, 0.1) is 0 Å². The lowest BCUT2D eigenvalue weighted by molar-refractivity contribution is 0.0562. The minimum atomic E-state index is -0.817. The van der Waals surface area contributed by atoms with Gasteiger partial charge in [-0.2, -0.15) is 0 Å². The molecule has 0 spiro atoms. The first-order valence-corrected chi connectivity index (χ1v) is 5.69. The molecule has 2 aromatic carbocycles. The number of benzene rings is 2. The summed E-state index contributed by atoms with van der Waals surface area (Å²) in [4.78, 5) is 0. The molecular formula is C15H14O2. The van der Waals surface area contributed by atoms with Gasteiger partial charge in [0.2, 0.25) is 0 Å². The second kappa shape index (κ2) is 3.60. The van der Waals surface area contributed by atoms with Crippen molar-refractivity contribution in [3.8, 4) is 5.75 Å². The molecule has 0 fully saturated rings. The molecule has 1 aliphatic carbocycles. The van der Waals surface area contributed by atoms with Crippen LogP contribution in [-0.2, 0) is 12.0 Å². The first-order chi connectivity index (χ1) is 8.24. The standard InChI is InChI=1S/C15H14O2/c1-17-13-8-6-12(7-9-13)15(16)10-11-4-2-3-5-14(11)15/h2-9,16H,10H2,1H3/t15-/m1/s1. The van der Waals surface area contributed by atoms with Crippen molar-refractivity contribution in [3.63, 3.8) is 0 Å². The number of rotatable bonds is 2. The van der Waals surface area contributed by atoms with Crippen molar-refractivity contribution >= 4 is 0 Å². The van der Waals surface area contributed by atoms with E-state index in [0.29, 0.717) is 6.42 Å². The molecule has 0 saturated carbocycles. The van der Waals surface area contributed by atoms with Gasteiger partial charge in [0.15, 0.2) is 0 Å². The molecular weight excluding hydrogens is 212 g/mol. The fourth-order valence-corrected chi connectivity index (χ4v) is 2.47. The molecule has 3 rings (SSSR count). The van der Waals surface area contributed by atoms with Crippen LogP contribution in [0.4, 0.5) is 0 Å². The van der Waals surface area contributed by atoms with E-state index in [1.165, 1.54) is 5.56 Å². The predicted octanol–water partition coefficient (Wildman–Crippen LogP) is 2.49. The van der Waals surface area contributed by atoms with Crippen LogP contribution < -0.4 is 4.74 Å². The average Bonchev–Trinajstić information content (AvgIpc) is 2.37. The minimum Gasteiger partial charge on any atom is -0.497 e. The first-order valence-electron chi connectivity index (χ1n) is 5.69. The molecule has 0 aromatic heterocycles. The summed E-state index contributed by atoms with van der Waals surface area (Å²) in [5, 5.41) is 10.7. The highest BCUT2D eigenvalue weighted by molar-refractivity contribution is 5.51. The maximum absolute atomic E-state index is 10.7. The molecule has 2 aromatic rings. The number of ether oxygens (including phenoxy) is 1. The Balaban J connectivity index is 2.00. The summed E-state index contributed by atoms with van der Waals surface area (Å²) in [6.07, 6.45) is 0.690. The largest absolute Gasteiger partial charge is 0.497 e. The monoisotopic (exact) mass is 226 g/mol. The number of hydrogen-bond donors (Lipinski definition) is 1. The van der Waals surface area contributed by atoms with Crippen LogP contribution in [0.5, 0.6) is 5.75 Å². The highest BCUT2D eigenvalue weighted by Crippen LogP contribution is 2.44. The van der Waals surface area contributed by atoms with Gasteiger partial charge in [-0.05, 0) is 28.8 Å². The van der Waals surface area contributed by atoms with Gasteiger partial charge in [0.1, 0.15) is 11.4 Å². The fraction of sp³-hybridized carbons (Fsp3) is 0.200. The van der Waals surface area contributed by atoms with E-state index >= 15 is 0 Å². The Hall–Kier alpha value is -1.80. The van der Waals surface area contributed by atoms with Crippen molar-refractivity contribution in [1.29, 1.82) is 0 Å². The molecule has 0 saturated heterocycles. The lowest BCUT2D eigenvalue weighted by Gasteiger charge is -2.40. The van der Waals surface area contributed by atoms with Gasteiger partial charge in [0, 0.05) is 6.42 Å². The Morgan fingerprint density at radius 2 is 1.76 bits per heavy atom. The van der Waals surface area contributed by atoms with Crippen LogP contribution in [0.3, 0.4) is 0 Å². The smallest absolute Gasteiger partial charge is 0.119 e. The van der Waals surface area contributed by atoms with Crippen molar-refractivity contribution in [2.24, 2.45) is 0 Å². The fourth-order valence-electron chi connectivity index (χ4n) is 2.47. The normalized spacial score (nSPS) is 21.5. The molecule has 2 heteroatoms. The van der Waals surface area contributed by atoms with Crippen molar-refractivity contribution < 1.29 is 9.84 Å². The zero-order valence-electron chi connectivity index (χ0n) is 9.68. The third-order valence-electron chi connectivity index (χ3n) is 3.48. The first kappa shape index (κ1) is 10.4. The van der Waals surface area contributed by atoms with Crippen LogP contribution in [-0.4, -0.2) is 12.2 Å². The quantitative estimate of drug-likeness (QED) is 0.852. The Morgan fingerprint density at radius 1 is 1.06 bits per heavy atom. The number of aliphatic hydroxyl groups is 1. The van der Waals surface area contributed by atoms with Crippen molar-refractivity contribution in [2.45, 2.75) is 12.0 Å². The number of fused-ring (bicyclic) bond motifs is 1. The van der Waals surface area contributed by atoms with Crippen LogP contribution in [0.25, 0.3) is 0 Å². The van der Waals surface area contributed by atoms with Gasteiger partial charge in [-0.1, -0.05) is 36.4 Å². The highest BCUT2D eigenvalue weighted by Gasteiger charge is 2.41. The third kappa shape index (κ3) is 1.45.